The number of allylic oxidation sites excluding steroid dienone is 1. The van der Waals surface area contributed by atoms with E-state index in [4.69, 9.17) is 5.73 Å². The second-order valence-electron chi connectivity index (χ2n) is 12.8. The van der Waals surface area contributed by atoms with Crippen LogP contribution in [0.1, 0.15) is 54.2 Å². The first kappa shape index (κ1) is 28.3. The second-order valence-corrected chi connectivity index (χ2v) is 12.8. The first-order valence-corrected chi connectivity index (χ1v) is 16.6. The molecule has 0 heterocycles. The third kappa shape index (κ3) is 3.88. The van der Waals surface area contributed by atoms with Crippen molar-refractivity contribution >= 4 is 44.1 Å². The number of fused-ring (bicyclic) bond motifs is 10. The standard InChI is InChI=1S/C43H33N.C2H6/c1-5-8-29-31(16-15-30-28-10-7-6-9-26(28)19-34(29)30)36-21-38-33-13-11-24(3)42-41-25(4)17-23(2)18-39(41)40(43(33)42)22-37(38)32-14-12-27(44)20-35(32)36;1-2/h5-18,20-22H,19,44H2,1-4H3;1-2H3/b8-5-;. The van der Waals surface area contributed by atoms with Gasteiger partial charge in [0.1, 0.15) is 0 Å². The van der Waals surface area contributed by atoms with Crippen LogP contribution in [-0.2, 0) is 6.42 Å². The lowest BCUT2D eigenvalue weighted by Gasteiger charge is -2.18. The van der Waals surface area contributed by atoms with Gasteiger partial charge in [-0.05, 0) is 163 Å². The number of nitrogen functional groups attached to an aromatic ring is 1. The van der Waals surface area contributed by atoms with Gasteiger partial charge in [-0.2, -0.15) is 0 Å². The van der Waals surface area contributed by atoms with E-state index in [9.17, 15) is 0 Å². The van der Waals surface area contributed by atoms with Gasteiger partial charge >= 0.3 is 0 Å². The Kier molecular flexibility index (Phi) is 6.44. The van der Waals surface area contributed by atoms with Gasteiger partial charge in [-0.1, -0.05) is 98.3 Å². The maximum atomic E-state index is 6.51. The van der Waals surface area contributed by atoms with Crippen molar-refractivity contribution in [3.05, 3.63) is 130 Å². The normalized spacial score (nSPS) is 12.5. The van der Waals surface area contributed by atoms with Crippen LogP contribution in [0.25, 0.3) is 82.9 Å². The van der Waals surface area contributed by atoms with Gasteiger partial charge in [0.2, 0.25) is 0 Å². The molecule has 2 aliphatic rings. The molecule has 0 aromatic heterocycles. The van der Waals surface area contributed by atoms with Crippen molar-refractivity contribution in [2.45, 2.75) is 48.0 Å². The van der Waals surface area contributed by atoms with Crippen LogP contribution in [0.15, 0.2) is 97.1 Å². The fourth-order valence-electron chi connectivity index (χ4n) is 8.37. The molecule has 0 atom stereocenters. The van der Waals surface area contributed by atoms with Crippen LogP contribution >= 0.6 is 0 Å². The van der Waals surface area contributed by atoms with E-state index >= 15 is 0 Å². The molecule has 9 rings (SSSR count). The molecule has 0 unspecified atom stereocenters. The Hall–Kier alpha value is -5.14. The Labute approximate surface area is 272 Å². The first-order chi connectivity index (χ1) is 22.4. The summed E-state index contributed by atoms with van der Waals surface area (Å²) in [7, 11) is 0. The minimum absolute atomic E-state index is 0.791. The zero-order chi connectivity index (χ0) is 31.9. The number of benzene rings is 7. The number of hydrogen-bond acceptors (Lipinski definition) is 1. The van der Waals surface area contributed by atoms with E-state index < -0.39 is 0 Å². The maximum Gasteiger partial charge on any atom is 0.0320 e. The second kappa shape index (κ2) is 10.5. The fourth-order valence-corrected chi connectivity index (χ4v) is 8.37. The summed E-state index contributed by atoms with van der Waals surface area (Å²) < 4.78 is 0. The minimum Gasteiger partial charge on any atom is -0.399 e. The Morgan fingerprint density at radius 1 is 0.565 bits per heavy atom. The summed E-state index contributed by atoms with van der Waals surface area (Å²) in [5.41, 5.74) is 26.2. The Morgan fingerprint density at radius 3 is 2.13 bits per heavy atom. The summed E-state index contributed by atoms with van der Waals surface area (Å²) in [6, 6.07) is 34.3. The van der Waals surface area contributed by atoms with Gasteiger partial charge in [0, 0.05) is 5.69 Å². The Bertz CT molecular complexity index is 2450. The number of nitrogens with two attached hydrogens (primary N) is 1. The number of anilines is 1. The van der Waals surface area contributed by atoms with E-state index in [1.54, 1.807) is 0 Å². The van der Waals surface area contributed by atoms with Crippen LogP contribution in [0.4, 0.5) is 5.69 Å². The van der Waals surface area contributed by atoms with Crippen molar-refractivity contribution in [1.29, 1.82) is 0 Å². The highest BCUT2D eigenvalue weighted by Gasteiger charge is 2.28. The van der Waals surface area contributed by atoms with E-state index in [1.165, 1.54) is 110 Å². The highest BCUT2D eigenvalue weighted by molar-refractivity contribution is 6.29. The topological polar surface area (TPSA) is 26.0 Å². The predicted molar refractivity (Wildman–Crippen MR) is 202 cm³/mol. The molecule has 0 saturated heterocycles. The SMILES string of the molecule is C/C=C\c1c(-c2cc3c4ccc(C)c5c4c(cc3c3ccc(N)cc23)-c2cc(C)cc(C)c2-5)ccc2c1Cc1ccccc1-2.CC. The molecule has 0 saturated carbocycles. The molecule has 1 heteroatoms. The molecular weight excluding hydrogens is 555 g/mol. The van der Waals surface area contributed by atoms with Crippen LogP contribution in [0.3, 0.4) is 0 Å². The molecule has 0 bridgehead atoms. The summed E-state index contributed by atoms with van der Waals surface area (Å²) in [4.78, 5) is 0. The van der Waals surface area contributed by atoms with Gasteiger partial charge in [0.25, 0.3) is 0 Å². The molecule has 7 aromatic rings. The van der Waals surface area contributed by atoms with Gasteiger partial charge in [0.15, 0.2) is 0 Å². The van der Waals surface area contributed by atoms with Crippen molar-refractivity contribution in [2.75, 3.05) is 5.73 Å². The highest BCUT2D eigenvalue weighted by Crippen LogP contribution is 2.54. The zero-order valence-electron chi connectivity index (χ0n) is 27.6. The minimum atomic E-state index is 0.791. The number of rotatable bonds is 2. The molecule has 2 N–H and O–H groups in total. The zero-order valence-corrected chi connectivity index (χ0v) is 27.6. The molecule has 0 spiro atoms. The van der Waals surface area contributed by atoms with Crippen molar-refractivity contribution in [1.82, 2.24) is 0 Å². The molecule has 46 heavy (non-hydrogen) atoms. The summed E-state index contributed by atoms with van der Waals surface area (Å²) in [5.74, 6) is 0. The molecule has 0 fully saturated rings. The van der Waals surface area contributed by atoms with Crippen LogP contribution in [0.5, 0.6) is 0 Å². The summed E-state index contributed by atoms with van der Waals surface area (Å²) in [6.45, 7) is 12.9. The number of hydrogen-bond donors (Lipinski definition) is 1. The average molecular weight is 594 g/mol. The van der Waals surface area contributed by atoms with Crippen molar-refractivity contribution in [3.8, 4) is 44.5 Å². The van der Waals surface area contributed by atoms with E-state index in [2.05, 4.69) is 131 Å². The van der Waals surface area contributed by atoms with Crippen LogP contribution in [0, 0.1) is 20.8 Å². The van der Waals surface area contributed by atoms with E-state index in [0.29, 0.717) is 0 Å². The maximum absolute atomic E-state index is 6.51. The summed E-state index contributed by atoms with van der Waals surface area (Å²) in [6.07, 6.45) is 5.44. The Balaban J connectivity index is 0.00000153. The lowest BCUT2D eigenvalue weighted by molar-refractivity contribution is 1.25. The smallest absolute Gasteiger partial charge is 0.0320 e. The van der Waals surface area contributed by atoms with Gasteiger partial charge in [-0.25, -0.2) is 0 Å². The monoisotopic (exact) mass is 593 g/mol. The van der Waals surface area contributed by atoms with Crippen LogP contribution in [0.2, 0.25) is 0 Å². The van der Waals surface area contributed by atoms with Gasteiger partial charge in [-0.3, -0.25) is 0 Å². The average Bonchev–Trinajstić information content (AvgIpc) is 3.60. The lowest BCUT2D eigenvalue weighted by atomic mass is 9.85. The molecule has 7 aromatic carbocycles. The Morgan fingerprint density at radius 2 is 1.30 bits per heavy atom. The molecule has 2 aliphatic carbocycles. The molecule has 0 radical (unpaired) electrons. The van der Waals surface area contributed by atoms with Crippen molar-refractivity contribution in [2.24, 2.45) is 0 Å². The summed E-state index contributed by atoms with van der Waals surface area (Å²) in [5, 5.41) is 7.76. The molecule has 224 valence electrons. The highest BCUT2D eigenvalue weighted by atomic mass is 14.5. The van der Waals surface area contributed by atoms with Gasteiger partial charge in [0.05, 0.1) is 0 Å². The van der Waals surface area contributed by atoms with E-state index in [0.717, 1.165) is 12.1 Å². The largest absolute Gasteiger partial charge is 0.399 e. The third-order valence-electron chi connectivity index (χ3n) is 10.1. The quantitative estimate of drug-likeness (QED) is 0.157. The summed E-state index contributed by atoms with van der Waals surface area (Å²) >= 11 is 0. The van der Waals surface area contributed by atoms with Crippen LogP contribution < -0.4 is 5.73 Å². The van der Waals surface area contributed by atoms with E-state index in [1.807, 2.05) is 13.8 Å². The fraction of sp³-hybridized carbons (Fsp3) is 0.156. The first-order valence-electron chi connectivity index (χ1n) is 16.6. The molecule has 0 aliphatic heterocycles. The van der Waals surface area contributed by atoms with Crippen LogP contribution in [-0.4, -0.2) is 0 Å². The van der Waals surface area contributed by atoms with Crippen molar-refractivity contribution in [3.63, 3.8) is 0 Å². The van der Waals surface area contributed by atoms with Crippen molar-refractivity contribution < 1.29 is 0 Å². The third-order valence-corrected chi connectivity index (χ3v) is 10.1. The predicted octanol–water partition coefficient (Wildman–Crippen LogP) is 12.6. The van der Waals surface area contributed by atoms with Gasteiger partial charge in [-0.15, -0.1) is 0 Å². The molecule has 0 amide bonds. The molecule has 1 nitrogen and oxygen atoms in total. The van der Waals surface area contributed by atoms with Gasteiger partial charge < -0.3 is 5.73 Å². The van der Waals surface area contributed by atoms with E-state index in [-0.39, 0.29) is 0 Å². The molecular formula is C45H39N. The number of aryl methyl sites for hydroxylation is 3. The lowest BCUT2D eigenvalue weighted by Crippen LogP contribution is -1.95.